The summed E-state index contributed by atoms with van der Waals surface area (Å²) in [6.45, 7) is 3.91. The van der Waals surface area contributed by atoms with Crippen molar-refractivity contribution in [1.29, 1.82) is 0 Å². The molecule has 3 aromatic rings. The van der Waals surface area contributed by atoms with E-state index in [9.17, 15) is 5.11 Å². The van der Waals surface area contributed by atoms with Gasteiger partial charge in [0.25, 0.3) is 0 Å². The molecule has 0 bridgehead atoms. The Balaban J connectivity index is 1.97. The number of aryl methyl sites for hydroxylation is 1. The fourth-order valence-electron chi connectivity index (χ4n) is 3.06. The summed E-state index contributed by atoms with van der Waals surface area (Å²) in [6.07, 6.45) is 1.00. The first-order valence-corrected chi connectivity index (χ1v) is 7.85. The molecule has 0 atom stereocenters. The van der Waals surface area contributed by atoms with Crippen molar-refractivity contribution in [3.8, 4) is 17.1 Å². The second kappa shape index (κ2) is 5.63. The number of phenols is 1. The van der Waals surface area contributed by atoms with Crippen LogP contribution in [-0.4, -0.2) is 28.2 Å². The summed E-state index contributed by atoms with van der Waals surface area (Å²) in [5.74, 6) is 2.09. The van der Waals surface area contributed by atoms with Crippen molar-refractivity contribution in [3.05, 3.63) is 59.6 Å². The topological polar surface area (TPSA) is 58.0 Å². The molecule has 2 aromatic carbocycles. The molecule has 0 spiro atoms. The number of phenolic OH excluding ortho intramolecular Hbond substituents is 1. The van der Waals surface area contributed by atoms with Crippen LogP contribution in [0.15, 0.2) is 42.5 Å². The molecule has 1 fully saturated rings. The number of aromatic nitrogens is 2. The van der Waals surface area contributed by atoms with Gasteiger partial charge in [-0.05, 0) is 43.7 Å². The monoisotopic (exact) mass is 304 g/mol. The Morgan fingerprint density at radius 3 is 2.74 bits per heavy atom. The summed E-state index contributed by atoms with van der Waals surface area (Å²) in [7, 11) is 0. The molecule has 1 radical (unpaired) electrons. The van der Waals surface area contributed by atoms with E-state index in [0.717, 1.165) is 36.1 Å². The molecule has 0 saturated carbocycles. The summed E-state index contributed by atoms with van der Waals surface area (Å²) in [6, 6.07) is 13.5. The minimum atomic E-state index is 0.208. The molecular formula is C19H18N3O. The van der Waals surface area contributed by atoms with Gasteiger partial charge in [-0.15, -0.1) is 0 Å². The second-order valence-electron chi connectivity index (χ2n) is 5.96. The van der Waals surface area contributed by atoms with E-state index in [2.05, 4.69) is 30.4 Å². The van der Waals surface area contributed by atoms with Gasteiger partial charge in [0.15, 0.2) is 5.82 Å². The van der Waals surface area contributed by atoms with Gasteiger partial charge >= 0.3 is 0 Å². The van der Waals surface area contributed by atoms with Crippen LogP contribution >= 0.6 is 0 Å². The lowest BCUT2D eigenvalue weighted by Gasteiger charge is -2.13. The molecule has 1 saturated heterocycles. The number of rotatable bonds is 2. The first-order chi connectivity index (χ1) is 11.2. The van der Waals surface area contributed by atoms with Crippen molar-refractivity contribution in [2.45, 2.75) is 13.3 Å². The van der Waals surface area contributed by atoms with Gasteiger partial charge in [-0.2, -0.15) is 0 Å². The van der Waals surface area contributed by atoms with Crippen molar-refractivity contribution in [2.24, 2.45) is 0 Å². The van der Waals surface area contributed by atoms with Gasteiger partial charge in [0.05, 0.1) is 16.8 Å². The van der Waals surface area contributed by atoms with Crippen LogP contribution in [0.25, 0.3) is 22.3 Å². The molecule has 1 aliphatic rings. The lowest BCUT2D eigenvalue weighted by Crippen LogP contribution is -2.11. The number of para-hydroxylation sites is 1. The van der Waals surface area contributed by atoms with Crippen LogP contribution in [0.2, 0.25) is 0 Å². The summed E-state index contributed by atoms with van der Waals surface area (Å²) in [5, 5.41) is 14.6. The molecular weight excluding hydrogens is 286 g/mol. The largest absolute Gasteiger partial charge is 0.507 e. The maximum absolute atomic E-state index is 10.1. The van der Waals surface area contributed by atoms with Crippen molar-refractivity contribution in [3.63, 3.8) is 0 Å². The predicted molar refractivity (Wildman–Crippen MR) is 91.2 cm³/mol. The number of nitrogens with zero attached hydrogens (tertiary/aromatic N) is 2. The predicted octanol–water partition coefficient (Wildman–Crippen LogP) is 3.23. The minimum Gasteiger partial charge on any atom is -0.507 e. The molecule has 4 heteroatoms. The molecule has 23 heavy (non-hydrogen) atoms. The zero-order valence-corrected chi connectivity index (χ0v) is 13.0. The van der Waals surface area contributed by atoms with Gasteiger partial charge in [0.1, 0.15) is 5.75 Å². The third kappa shape index (κ3) is 2.55. The number of hydrogen-bond donors (Lipinski definition) is 2. The average molecular weight is 304 g/mol. The highest BCUT2D eigenvalue weighted by molar-refractivity contribution is 5.85. The summed E-state index contributed by atoms with van der Waals surface area (Å²) in [4.78, 5) is 9.49. The van der Waals surface area contributed by atoms with Crippen LogP contribution in [-0.2, 0) is 0 Å². The normalized spacial score (nSPS) is 15.3. The summed E-state index contributed by atoms with van der Waals surface area (Å²) >= 11 is 0. The smallest absolute Gasteiger partial charge is 0.163 e. The number of fused-ring (bicyclic) bond motifs is 1. The highest BCUT2D eigenvalue weighted by atomic mass is 16.3. The van der Waals surface area contributed by atoms with Crippen LogP contribution in [0.3, 0.4) is 0 Å². The van der Waals surface area contributed by atoms with Crippen molar-refractivity contribution in [1.82, 2.24) is 15.3 Å². The molecule has 4 rings (SSSR count). The third-order valence-corrected chi connectivity index (χ3v) is 4.27. The van der Waals surface area contributed by atoms with Crippen LogP contribution in [0.4, 0.5) is 0 Å². The van der Waals surface area contributed by atoms with Crippen LogP contribution in [0.5, 0.6) is 5.75 Å². The molecule has 0 amide bonds. The molecule has 2 heterocycles. The fourth-order valence-corrected chi connectivity index (χ4v) is 3.06. The lowest BCUT2D eigenvalue weighted by atomic mass is 9.99. The Hall–Kier alpha value is -2.46. The van der Waals surface area contributed by atoms with E-state index in [1.165, 1.54) is 11.5 Å². The van der Waals surface area contributed by atoms with E-state index in [-0.39, 0.29) is 5.75 Å². The fraction of sp³-hybridized carbons (Fsp3) is 0.211. The summed E-state index contributed by atoms with van der Waals surface area (Å²) in [5.41, 5.74) is 3.76. The molecule has 115 valence electrons. The van der Waals surface area contributed by atoms with Crippen molar-refractivity contribution in [2.75, 3.05) is 13.1 Å². The number of hydrogen-bond acceptors (Lipinski definition) is 4. The highest BCUT2D eigenvalue weighted by Crippen LogP contribution is 2.32. The first kappa shape index (κ1) is 14.2. The first-order valence-electron chi connectivity index (χ1n) is 7.85. The molecule has 1 aliphatic heterocycles. The van der Waals surface area contributed by atoms with Gasteiger partial charge in [0, 0.05) is 17.8 Å². The van der Waals surface area contributed by atoms with Gasteiger partial charge in [0.2, 0.25) is 0 Å². The van der Waals surface area contributed by atoms with Gasteiger partial charge in [-0.25, -0.2) is 9.97 Å². The maximum Gasteiger partial charge on any atom is 0.163 e. The molecule has 4 nitrogen and oxygen atoms in total. The van der Waals surface area contributed by atoms with Crippen LogP contribution in [0.1, 0.15) is 17.7 Å². The molecule has 0 aliphatic carbocycles. The minimum absolute atomic E-state index is 0.208. The van der Waals surface area contributed by atoms with Gasteiger partial charge in [-0.1, -0.05) is 24.3 Å². The van der Waals surface area contributed by atoms with E-state index in [1.807, 2.05) is 12.1 Å². The van der Waals surface area contributed by atoms with Crippen molar-refractivity contribution >= 4 is 10.9 Å². The van der Waals surface area contributed by atoms with Crippen LogP contribution in [0, 0.1) is 12.8 Å². The number of aromatic hydroxyl groups is 1. The van der Waals surface area contributed by atoms with Gasteiger partial charge < -0.3 is 10.4 Å². The van der Waals surface area contributed by atoms with E-state index in [0.29, 0.717) is 11.4 Å². The molecule has 1 aromatic heterocycles. The highest BCUT2D eigenvalue weighted by Gasteiger charge is 2.23. The standard InChI is InChI=1S/C19H18N3O/c1-12-6-7-14-16(10-12)21-19(15-4-2-3-5-17(15)23)22-18(14)13-8-9-20-11-13/h2-7,10,20,23H,8-9,11H2,1H3. The lowest BCUT2D eigenvalue weighted by molar-refractivity contribution is 0.477. The average Bonchev–Trinajstić information content (AvgIpc) is 3.08. The van der Waals surface area contributed by atoms with E-state index >= 15 is 0 Å². The Kier molecular flexibility index (Phi) is 3.46. The third-order valence-electron chi connectivity index (χ3n) is 4.27. The van der Waals surface area contributed by atoms with Gasteiger partial charge in [-0.3, -0.25) is 0 Å². The van der Waals surface area contributed by atoms with Crippen LogP contribution < -0.4 is 5.32 Å². The number of benzene rings is 2. The molecule has 2 N–H and O–H groups in total. The number of nitrogens with one attached hydrogen (secondary N) is 1. The molecule has 0 unspecified atom stereocenters. The summed E-state index contributed by atoms with van der Waals surface area (Å²) < 4.78 is 0. The second-order valence-corrected chi connectivity index (χ2v) is 5.96. The van der Waals surface area contributed by atoms with E-state index in [1.54, 1.807) is 12.1 Å². The Morgan fingerprint density at radius 2 is 1.96 bits per heavy atom. The zero-order valence-electron chi connectivity index (χ0n) is 13.0. The Morgan fingerprint density at radius 1 is 1.09 bits per heavy atom. The van der Waals surface area contributed by atoms with Crippen molar-refractivity contribution < 1.29 is 5.11 Å². The zero-order chi connectivity index (χ0) is 15.8. The Labute approximate surface area is 135 Å². The van der Waals surface area contributed by atoms with E-state index in [4.69, 9.17) is 9.97 Å². The SMILES string of the molecule is Cc1ccc2c([C]3CCNC3)nc(-c3ccccc3O)nc2c1. The Bertz CT molecular complexity index is 870. The quantitative estimate of drug-likeness (QED) is 0.763. The van der Waals surface area contributed by atoms with E-state index < -0.39 is 0 Å². The maximum atomic E-state index is 10.1.